The summed E-state index contributed by atoms with van der Waals surface area (Å²) in [5.74, 6) is 0.202. The summed E-state index contributed by atoms with van der Waals surface area (Å²) in [5.41, 5.74) is 0.401. The van der Waals surface area contributed by atoms with E-state index >= 15 is 0 Å². The van der Waals surface area contributed by atoms with Crippen LogP contribution in [-0.2, 0) is 4.79 Å². The fraction of sp³-hybridized carbons (Fsp3) is 0.909. The summed E-state index contributed by atoms with van der Waals surface area (Å²) in [7, 11) is 1.91. The molecule has 1 rings (SSSR count). The predicted octanol–water partition coefficient (Wildman–Crippen LogP) is 1.29. The summed E-state index contributed by atoms with van der Waals surface area (Å²) in [5, 5.41) is 6.06. The molecule has 0 atom stereocenters. The molecule has 3 heteroatoms. The summed E-state index contributed by atoms with van der Waals surface area (Å²) < 4.78 is 0. The fourth-order valence-electron chi connectivity index (χ4n) is 1.78. The number of amides is 1. The molecule has 0 aromatic carbocycles. The first-order valence-corrected chi connectivity index (χ1v) is 5.58. The van der Waals surface area contributed by atoms with E-state index in [4.69, 9.17) is 0 Å². The van der Waals surface area contributed by atoms with Crippen LogP contribution in [0, 0.1) is 5.41 Å². The highest BCUT2D eigenvalue weighted by Gasteiger charge is 2.31. The van der Waals surface area contributed by atoms with E-state index in [9.17, 15) is 4.79 Å². The van der Waals surface area contributed by atoms with Gasteiger partial charge in [0, 0.05) is 13.0 Å². The lowest BCUT2D eigenvalue weighted by Gasteiger charge is -2.38. The Morgan fingerprint density at radius 2 is 2.14 bits per heavy atom. The van der Waals surface area contributed by atoms with Gasteiger partial charge in [-0.2, -0.15) is 0 Å². The molecule has 2 N–H and O–H groups in total. The van der Waals surface area contributed by atoms with Gasteiger partial charge >= 0.3 is 0 Å². The molecule has 0 heterocycles. The molecule has 0 aliphatic heterocycles. The minimum atomic E-state index is 0.202. The molecular formula is C11H22N2O. The second kappa shape index (κ2) is 5.35. The average Bonchev–Trinajstić information content (AvgIpc) is 2.12. The Morgan fingerprint density at radius 1 is 1.43 bits per heavy atom. The Bertz CT molecular complexity index is 188. The van der Waals surface area contributed by atoms with Crippen molar-refractivity contribution in [3.8, 4) is 0 Å². The number of carbonyl (C=O) groups excluding carboxylic acids is 1. The van der Waals surface area contributed by atoms with E-state index in [1.165, 1.54) is 19.3 Å². The van der Waals surface area contributed by atoms with Crippen LogP contribution in [0.3, 0.4) is 0 Å². The van der Waals surface area contributed by atoms with Gasteiger partial charge in [0.15, 0.2) is 0 Å². The van der Waals surface area contributed by atoms with Crippen LogP contribution in [0.1, 0.15) is 39.0 Å². The molecular weight excluding hydrogens is 176 g/mol. The summed E-state index contributed by atoms with van der Waals surface area (Å²) in [6.45, 7) is 4.04. The quantitative estimate of drug-likeness (QED) is 0.631. The predicted molar refractivity (Wildman–Crippen MR) is 58.1 cm³/mol. The van der Waals surface area contributed by atoms with E-state index < -0.39 is 0 Å². The minimum Gasteiger partial charge on any atom is -0.356 e. The topological polar surface area (TPSA) is 41.1 Å². The molecule has 0 aromatic heterocycles. The first-order valence-electron chi connectivity index (χ1n) is 5.58. The normalized spacial score (nSPS) is 18.7. The van der Waals surface area contributed by atoms with Gasteiger partial charge in [-0.05, 0) is 38.3 Å². The van der Waals surface area contributed by atoms with Gasteiger partial charge < -0.3 is 10.6 Å². The maximum atomic E-state index is 11.4. The van der Waals surface area contributed by atoms with Gasteiger partial charge in [0.25, 0.3) is 0 Å². The first-order chi connectivity index (χ1) is 6.66. The van der Waals surface area contributed by atoms with Crippen LogP contribution in [0.2, 0.25) is 0 Å². The number of hydrogen-bond donors (Lipinski definition) is 2. The fourth-order valence-corrected chi connectivity index (χ4v) is 1.78. The van der Waals surface area contributed by atoms with Gasteiger partial charge in [0.05, 0.1) is 0 Å². The molecule has 0 saturated heterocycles. The number of rotatable bonds is 6. The molecule has 0 radical (unpaired) electrons. The van der Waals surface area contributed by atoms with Crippen molar-refractivity contribution in [1.82, 2.24) is 10.6 Å². The largest absolute Gasteiger partial charge is 0.356 e. The van der Waals surface area contributed by atoms with Gasteiger partial charge in [-0.1, -0.05) is 13.3 Å². The van der Waals surface area contributed by atoms with Gasteiger partial charge in [-0.25, -0.2) is 0 Å². The van der Waals surface area contributed by atoms with E-state index in [2.05, 4.69) is 17.6 Å². The maximum Gasteiger partial charge on any atom is 0.220 e. The molecule has 3 nitrogen and oxygen atoms in total. The van der Waals surface area contributed by atoms with Crippen LogP contribution >= 0.6 is 0 Å². The van der Waals surface area contributed by atoms with Crippen LogP contribution in [0.4, 0.5) is 0 Å². The second-order valence-corrected chi connectivity index (χ2v) is 4.65. The minimum absolute atomic E-state index is 0.202. The van der Waals surface area contributed by atoms with Crippen molar-refractivity contribution >= 4 is 5.91 Å². The smallest absolute Gasteiger partial charge is 0.220 e. The van der Waals surface area contributed by atoms with Crippen molar-refractivity contribution in [2.75, 3.05) is 20.1 Å². The maximum absolute atomic E-state index is 11.4. The molecule has 1 aliphatic carbocycles. The van der Waals surface area contributed by atoms with Gasteiger partial charge in [-0.3, -0.25) is 4.79 Å². The van der Waals surface area contributed by atoms with Gasteiger partial charge in [0.1, 0.15) is 0 Å². The van der Waals surface area contributed by atoms with Crippen molar-refractivity contribution in [1.29, 1.82) is 0 Å². The molecule has 14 heavy (non-hydrogen) atoms. The second-order valence-electron chi connectivity index (χ2n) is 4.65. The van der Waals surface area contributed by atoms with Crippen molar-refractivity contribution in [3.05, 3.63) is 0 Å². The van der Waals surface area contributed by atoms with E-state index in [1.54, 1.807) is 0 Å². The Kier molecular flexibility index (Phi) is 4.39. The molecule has 82 valence electrons. The lowest BCUT2D eigenvalue weighted by molar-refractivity contribution is -0.121. The zero-order valence-corrected chi connectivity index (χ0v) is 9.36. The lowest BCUT2D eigenvalue weighted by atomic mass is 9.70. The zero-order valence-electron chi connectivity index (χ0n) is 9.36. The molecule has 1 aliphatic rings. The SMILES string of the molecule is CNCCCC(=O)NCC1(C)CCC1. The molecule has 0 aromatic rings. The number of nitrogens with one attached hydrogen (secondary N) is 2. The molecule has 1 saturated carbocycles. The van der Waals surface area contributed by atoms with Crippen molar-refractivity contribution in [2.45, 2.75) is 39.0 Å². The highest BCUT2D eigenvalue weighted by Crippen LogP contribution is 2.39. The van der Waals surface area contributed by atoms with Gasteiger partial charge in [-0.15, -0.1) is 0 Å². The van der Waals surface area contributed by atoms with Crippen LogP contribution in [0.5, 0.6) is 0 Å². The van der Waals surface area contributed by atoms with Crippen LogP contribution in [-0.4, -0.2) is 26.0 Å². The third kappa shape index (κ3) is 3.66. The van der Waals surface area contributed by atoms with Crippen molar-refractivity contribution in [2.24, 2.45) is 5.41 Å². The summed E-state index contributed by atoms with van der Waals surface area (Å²) in [4.78, 5) is 11.4. The number of hydrogen-bond acceptors (Lipinski definition) is 2. The van der Waals surface area contributed by atoms with Crippen LogP contribution < -0.4 is 10.6 Å². The molecule has 0 unspecified atom stereocenters. The van der Waals surface area contributed by atoms with Gasteiger partial charge in [0.2, 0.25) is 5.91 Å². The summed E-state index contributed by atoms with van der Waals surface area (Å²) >= 11 is 0. The van der Waals surface area contributed by atoms with E-state index in [0.29, 0.717) is 11.8 Å². The molecule has 0 bridgehead atoms. The van der Waals surface area contributed by atoms with Crippen molar-refractivity contribution < 1.29 is 4.79 Å². The first kappa shape index (κ1) is 11.5. The summed E-state index contributed by atoms with van der Waals surface area (Å²) in [6.07, 6.45) is 5.44. The highest BCUT2D eigenvalue weighted by atomic mass is 16.1. The highest BCUT2D eigenvalue weighted by molar-refractivity contribution is 5.75. The Morgan fingerprint density at radius 3 is 2.64 bits per heavy atom. The summed E-state index contributed by atoms with van der Waals surface area (Å²) in [6, 6.07) is 0. The Hall–Kier alpha value is -0.570. The third-order valence-corrected chi connectivity index (χ3v) is 3.10. The Labute approximate surface area is 86.6 Å². The molecule has 1 amide bonds. The van der Waals surface area contributed by atoms with Crippen molar-refractivity contribution in [3.63, 3.8) is 0 Å². The number of carbonyl (C=O) groups is 1. The zero-order chi connectivity index (χ0) is 10.4. The standard InChI is InChI=1S/C11H22N2O/c1-11(6-4-7-11)9-13-10(14)5-3-8-12-2/h12H,3-9H2,1-2H3,(H,13,14). The molecule has 1 fully saturated rings. The lowest BCUT2D eigenvalue weighted by Crippen LogP contribution is -2.40. The Balaban J connectivity index is 2.03. The third-order valence-electron chi connectivity index (χ3n) is 3.10. The average molecular weight is 198 g/mol. The van der Waals surface area contributed by atoms with E-state index in [0.717, 1.165) is 19.5 Å². The van der Waals surface area contributed by atoms with E-state index in [1.807, 2.05) is 7.05 Å². The monoisotopic (exact) mass is 198 g/mol. The van der Waals surface area contributed by atoms with Crippen LogP contribution in [0.15, 0.2) is 0 Å². The van der Waals surface area contributed by atoms with Crippen LogP contribution in [0.25, 0.3) is 0 Å². The molecule has 0 spiro atoms. The van der Waals surface area contributed by atoms with E-state index in [-0.39, 0.29) is 5.91 Å².